The SMILES string of the molecule is O=C(Nc1cccc(Cl)c1)c1cc(Cl)ccc1NS(=O)(=O)c1cccc2nsnc12. The molecule has 4 aromatic rings. The molecule has 4 rings (SSSR count). The highest BCUT2D eigenvalue weighted by Crippen LogP contribution is 2.27. The van der Waals surface area contributed by atoms with E-state index >= 15 is 0 Å². The Morgan fingerprint density at radius 3 is 2.50 bits per heavy atom. The Morgan fingerprint density at radius 2 is 1.70 bits per heavy atom. The summed E-state index contributed by atoms with van der Waals surface area (Å²) in [6.07, 6.45) is 0. The highest BCUT2D eigenvalue weighted by Gasteiger charge is 2.23. The van der Waals surface area contributed by atoms with Crippen molar-refractivity contribution >= 4 is 73.3 Å². The molecule has 2 N–H and O–H groups in total. The third-order valence-corrected chi connectivity index (χ3v) is 6.50. The first kappa shape index (κ1) is 20.5. The van der Waals surface area contributed by atoms with Crippen LogP contribution in [0.5, 0.6) is 0 Å². The number of anilines is 2. The Morgan fingerprint density at radius 1 is 0.933 bits per heavy atom. The average molecular weight is 479 g/mol. The summed E-state index contributed by atoms with van der Waals surface area (Å²) in [7, 11) is -4.05. The molecular formula is C19H12Cl2N4O3S2. The lowest BCUT2D eigenvalue weighted by Crippen LogP contribution is -2.19. The summed E-state index contributed by atoms with van der Waals surface area (Å²) in [6, 6.07) is 15.5. The number of nitrogens with zero attached hydrogens (tertiary/aromatic N) is 2. The van der Waals surface area contributed by atoms with Crippen molar-refractivity contribution in [1.29, 1.82) is 0 Å². The number of carbonyl (C=O) groups is 1. The second kappa shape index (κ2) is 8.19. The summed E-state index contributed by atoms with van der Waals surface area (Å²) < 4.78 is 36.6. The molecule has 152 valence electrons. The van der Waals surface area contributed by atoms with E-state index in [1.807, 2.05) is 0 Å². The van der Waals surface area contributed by atoms with E-state index in [-0.39, 0.29) is 26.7 Å². The van der Waals surface area contributed by atoms with E-state index < -0.39 is 15.9 Å². The third kappa shape index (κ3) is 4.24. The Balaban J connectivity index is 1.70. The smallest absolute Gasteiger partial charge is 0.264 e. The lowest BCUT2D eigenvalue weighted by Gasteiger charge is -2.13. The molecule has 7 nitrogen and oxygen atoms in total. The van der Waals surface area contributed by atoms with E-state index in [2.05, 4.69) is 18.8 Å². The van der Waals surface area contributed by atoms with Gasteiger partial charge >= 0.3 is 0 Å². The number of halogens is 2. The van der Waals surface area contributed by atoms with Gasteiger partial charge < -0.3 is 5.32 Å². The van der Waals surface area contributed by atoms with Crippen LogP contribution in [-0.4, -0.2) is 23.1 Å². The fourth-order valence-corrected chi connectivity index (χ4v) is 4.97. The lowest BCUT2D eigenvalue weighted by molar-refractivity contribution is 0.102. The highest BCUT2D eigenvalue weighted by atomic mass is 35.5. The largest absolute Gasteiger partial charge is 0.322 e. The first-order valence-corrected chi connectivity index (χ1v) is 11.4. The van der Waals surface area contributed by atoms with Crippen LogP contribution in [0.2, 0.25) is 10.0 Å². The molecule has 0 aliphatic heterocycles. The molecule has 0 radical (unpaired) electrons. The first-order chi connectivity index (χ1) is 14.3. The van der Waals surface area contributed by atoms with E-state index in [1.54, 1.807) is 36.4 Å². The van der Waals surface area contributed by atoms with Crippen molar-refractivity contribution in [1.82, 2.24) is 8.75 Å². The van der Waals surface area contributed by atoms with E-state index in [0.29, 0.717) is 16.2 Å². The predicted molar refractivity (Wildman–Crippen MR) is 119 cm³/mol. The standard InChI is InChI=1S/C19H12Cl2N4O3S2/c20-11-3-1-4-13(9-11)22-19(26)14-10-12(21)7-8-15(14)25-30(27,28)17-6-2-5-16-18(17)24-29-23-16/h1-10,25H,(H,22,26). The van der Waals surface area contributed by atoms with Crippen molar-refractivity contribution in [3.63, 3.8) is 0 Å². The van der Waals surface area contributed by atoms with Gasteiger partial charge in [0.1, 0.15) is 15.9 Å². The molecule has 0 aliphatic rings. The van der Waals surface area contributed by atoms with Crippen molar-refractivity contribution in [3.8, 4) is 0 Å². The van der Waals surface area contributed by atoms with Gasteiger partial charge in [0.05, 0.1) is 23.0 Å². The molecule has 0 aliphatic carbocycles. The van der Waals surface area contributed by atoms with Crippen molar-refractivity contribution in [3.05, 3.63) is 76.3 Å². The molecular weight excluding hydrogens is 467 g/mol. The number of nitrogens with one attached hydrogen (secondary N) is 2. The van der Waals surface area contributed by atoms with Gasteiger partial charge in [-0.25, -0.2) is 8.42 Å². The van der Waals surface area contributed by atoms with Crippen molar-refractivity contribution < 1.29 is 13.2 Å². The van der Waals surface area contributed by atoms with Gasteiger partial charge in [-0.1, -0.05) is 35.3 Å². The van der Waals surface area contributed by atoms with Gasteiger partial charge in [0.25, 0.3) is 15.9 Å². The molecule has 11 heteroatoms. The van der Waals surface area contributed by atoms with E-state index in [0.717, 1.165) is 11.7 Å². The molecule has 3 aromatic carbocycles. The van der Waals surface area contributed by atoms with Crippen molar-refractivity contribution in [2.45, 2.75) is 4.90 Å². The molecule has 0 spiro atoms. The van der Waals surface area contributed by atoms with Crippen LogP contribution in [0.4, 0.5) is 11.4 Å². The summed E-state index contributed by atoms with van der Waals surface area (Å²) in [6.45, 7) is 0. The minimum atomic E-state index is -4.05. The average Bonchev–Trinajstić information content (AvgIpc) is 3.18. The molecule has 0 bridgehead atoms. The van der Waals surface area contributed by atoms with E-state index in [4.69, 9.17) is 23.2 Å². The zero-order valence-corrected chi connectivity index (χ0v) is 18.1. The predicted octanol–water partition coefficient (Wildman–Crippen LogP) is 5.05. The van der Waals surface area contributed by atoms with E-state index in [1.165, 1.54) is 24.3 Å². The number of hydrogen-bond donors (Lipinski definition) is 2. The summed E-state index contributed by atoms with van der Waals surface area (Å²) in [5.41, 5.74) is 1.31. The normalized spacial score (nSPS) is 11.4. The van der Waals surface area contributed by atoms with Gasteiger partial charge in [0.2, 0.25) is 0 Å². The van der Waals surface area contributed by atoms with Crippen LogP contribution in [-0.2, 0) is 10.0 Å². The molecule has 1 heterocycles. The summed E-state index contributed by atoms with van der Waals surface area (Å²) in [5, 5.41) is 3.41. The number of fused-ring (bicyclic) bond motifs is 1. The quantitative estimate of drug-likeness (QED) is 0.417. The molecule has 0 unspecified atom stereocenters. The zero-order chi connectivity index (χ0) is 21.3. The van der Waals surface area contributed by atoms with E-state index in [9.17, 15) is 13.2 Å². The number of carbonyl (C=O) groups excluding carboxylic acids is 1. The van der Waals surface area contributed by atoms with Crippen LogP contribution in [0, 0.1) is 0 Å². The Labute approximate surface area is 186 Å². The molecule has 30 heavy (non-hydrogen) atoms. The fraction of sp³-hybridized carbons (Fsp3) is 0. The summed E-state index contributed by atoms with van der Waals surface area (Å²) >= 11 is 12.9. The first-order valence-electron chi connectivity index (χ1n) is 8.44. The number of rotatable bonds is 5. The molecule has 0 saturated carbocycles. The van der Waals surface area contributed by atoms with Crippen LogP contribution in [0.25, 0.3) is 11.0 Å². The van der Waals surface area contributed by atoms with Gasteiger partial charge in [-0.05, 0) is 48.5 Å². The second-order valence-electron chi connectivity index (χ2n) is 6.15. The Kier molecular flexibility index (Phi) is 5.61. The minimum absolute atomic E-state index is 0.0371. The highest BCUT2D eigenvalue weighted by molar-refractivity contribution is 7.93. The topological polar surface area (TPSA) is 101 Å². The van der Waals surface area contributed by atoms with Gasteiger partial charge in [-0.2, -0.15) is 8.75 Å². The number of aromatic nitrogens is 2. The molecule has 0 saturated heterocycles. The third-order valence-electron chi connectivity index (χ3n) is 4.09. The van der Waals surface area contributed by atoms with Gasteiger partial charge in [0, 0.05) is 15.7 Å². The monoisotopic (exact) mass is 478 g/mol. The van der Waals surface area contributed by atoms with Crippen molar-refractivity contribution in [2.75, 3.05) is 10.0 Å². The van der Waals surface area contributed by atoms with Gasteiger partial charge in [0.15, 0.2) is 0 Å². The fourth-order valence-electron chi connectivity index (χ4n) is 2.76. The number of benzene rings is 3. The second-order valence-corrected chi connectivity index (χ2v) is 9.20. The van der Waals surface area contributed by atoms with Crippen LogP contribution in [0.1, 0.15) is 10.4 Å². The number of amides is 1. The maximum atomic E-state index is 13.0. The molecule has 0 atom stereocenters. The van der Waals surface area contributed by atoms with Gasteiger partial charge in [-0.3, -0.25) is 9.52 Å². The van der Waals surface area contributed by atoms with Crippen LogP contribution in [0.3, 0.4) is 0 Å². The van der Waals surface area contributed by atoms with Gasteiger partial charge in [-0.15, -0.1) is 0 Å². The number of sulfonamides is 1. The van der Waals surface area contributed by atoms with Crippen LogP contribution in [0.15, 0.2) is 65.6 Å². The lowest BCUT2D eigenvalue weighted by atomic mass is 10.1. The summed E-state index contributed by atoms with van der Waals surface area (Å²) in [4.78, 5) is 12.8. The zero-order valence-electron chi connectivity index (χ0n) is 15.0. The maximum Gasteiger partial charge on any atom is 0.264 e. The Bertz CT molecular complexity index is 1370. The minimum Gasteiger partial charge on any atom is -0.322 e. The Hall–Kier alpha value is -2.72. The van der Waals surface area contributed by atoms with Crippen molar-refractivity contribution in [2.24, 2.45) is 0 Å². The molecule has 1 amide bonds. The number of hydrogen-bond acceptors (Lipinski definition) is 6. The molecule has 0 fully saturated rings. The van der Waals surface area contributed by atoms with Crippen LogP contribution < -0.4 is 10.0 Å². The summed E-state index contributed by atoms with van der Waals surface area (Å²) in [5.74, 6) is -0.550. The maximum absolute atomic E-state index is 13.0. The molecule has 1 aromatic heterocycles. The van der Waals surface area contributed by atoms with Crippen LogP contribution >= 0.6 is 34.9 Å².